The van der Waals surface area contributed by atoms with Crippen molar-refractivity contribution >= 4 is 46.3 Å². The molecule has 0 saturated heterocycles. The number of nitrogens with one attached hydrogen (secondary N) is 2. The molecular weight excluding hydrogens is 397 g/mol. The topological polar surface area (TPSA) is 83.7 Å². The first-order valence-corrected chi connectivity index (χ1v) is 7.62. The van der Waals surface area contributed by atoms with Crippen LogP contribution in [-0.4, -0.2) is 18.0 Å². The second kappa shape index (κ2) is 8.32. The Kier molecular flexibility index (Phi) is 6.13. The standard InChI is InChI=1S/C15H14IN3O3/c16-11-3-5-12(6-4-11)18-14(20)7-8-15(21)19-17-10-13-2-1-9-22-13/h1-6,9-10H,7-8H2,(H,18,20)(H,19,21)/b17-10+. The third-order valence-corrected chi connectivity index (χ3v) is 3.35. The number of nitrogens with zero attached hydrogens (tertiary/aromatic N) is 1. The van der Waals surface area contributed by atoms with Crippen LogP contribution in [0, 0.1) is 3.57 Å². The zero-order chi connectivity index (χ0) is 15.8. The maximum atomic E-state index is 11.7. The van der Waals surface area contributed by atoms with Crippen LogP contribution in [-0.2, 0) is 9.59 Å². The van der Waals surface area contributed by atoms with Gasteiger partial charge in [0.05, 0.1) is 12.5 Å². The summed E-state index contributed by atoms with van der Waals surface area (Å²) in [4.78, 5) is 23.3. The second-order valence-electron chi connectivity index (χ2n) is 4.36. The maximum absolute atomic E-state index is 11.7. The zero-order valence-electron chi connectivity index (χ0n) is 11.6. The van der Waals surface area contributed by atoms with Crippen molar-refractivity contribution in [3.05, 3.63) is 52.0 Å². The Morgan fingerprint density at radius 2 is 1.86 bits per heavy atom. The number of carbonyl (C=O) groups is 2. The minimum Gasteiger partial charge on any atom is -0.463 e. The van der Waals surface area contributed by atoms with Crippen LogP contribution in [0.2, 0.25) is 0 Å². The molecule has 114 valence electrons. The molecule has 1 aromatic heterocycles. The molecule has 6 nitrogen and oxygen atoms in total. The summed E-state index contributed by atoms with van der Waals surface area (Å²) in [5.74, 6) is -0.0105. The normalized spacial score (nSPS) is 10.6. The Labute approximate surface area is 141 Å². The number of carbonyl (C=O) groups excluding carboxylic acids is 2. The first-order chi connectivity index (χ1) is 10.6. The molecule has 2 rings (SSSR count). The molecule has 7 heteroatoms. The summed E-state index contributed by atoms with van der Waals surface area (Å²) in [7, 11) is 0. The summed E-state index contributed by atoms with van der Waals surface area (Å²) in [6.45, 7) is 0. The van der Waals surface area contributed by atoms with Crippen LogP contribution in [0.5, 0.6) is 0 Å². The molecule has 0 fully saturated rings. The largest absolute Gasteiger partial charge is 0.463 e. The number of amides is 2. The van der Waals surface area contributed by atoms with E-state index in [0.29, 0.717) is 11.4 Å². The predicted molar refractivity (Wildman–Crippen MR) is 91.5 cm³/mol. The molecule has 1 heterocycles. The monoisotopic (exact) mass is 411 g/mol. The fourth-order valence-electron chi connectivity index (χ4n) is 1.57. The molecule has 0 aliphatic carbocycles. The molecule has 2 aromatic rings. The highest BCUT2D eigenvalue weighted by Gasteiger charge is 2.06. The van der Waals surface area contributed by atoms with Gasteiger partial charge in [-0.1, -0.05) is 0 Å². The smallest absolute Gasteiger partial charge is 0.240 e. The Bertz CT molecular complexity index is 651. The third kappa shape index (κ3) is 5.68. The van der Waals surface area contributed by atoms with Crippen LogP contribution in [0.3, 0.4) is 0 Å². The van der Waals surface area contributed by atoms with Crippen molar-refractivity contribution in [3.8, 4) is 0 Å². The fraction of sp³-hybridized carbons (Fsp3) is 0.133. The van der Waals surface area contributed by atoms with E-state index in [2.05, 4.69) is 38.4 Å². The summed E-state index contributed by atoms with van der Waals surface area (Å²) in [6, 6.07) is 10.8. The van der Waals surface area contributed by atoms with Gasteiger partial charge in [0.25, 0.3) is 0 Å². The van der Waals surface area contributed by atoms with Gasteiger partial charge in [0.1, 0.15) is 5.76 Å². The van der Waals surface area contributed by atoms with Crippen LogP contribution < -0.4 is 10.7 Å². The number of halogens is 1. The minimum atomic E-state index is -0.333. The van der Waals surface area contributed by atoms with Crippen molar-refractivity contribution in [3.63, 3.8) is 0 Å². The van der Waals surface area contributed by atoms with Gasteiger partial charge in [-0.3, -0.25) is 9.59 Å². The van der Waals surface area contributed by atoms with Gasteiger partial charge in [-0.05, 0) is 59.0 Å². The summed E-state index contributed by atoms with van der Waals surface area (Å²) >= 11 is 2.19. The maximum Gasteiger partial charge on any atom is 0.240 e. The molecule has 0 aliphatic rings. The summed E-state index contributed by atoms with van der Waals surface area (Å²) in [5.41, 5.74) is 3.05. The second-order valence-corrected chi connectivity index (χ2v) is 5.61. The molecule has 22 heavy (non-hydrogen) atoms. The fourth-order valence-corrected chi connectivity index (χ4v) is 1.93. The molecule has 0 unspecified atom stereocenters. The van der Waals surface area contributed by atoms with Crippen LogP contribution in [0.4, 0.5) is 5.69 Å². The molecule has 0 atom stereocenters. The zero-order valence-corrected chi connectivity index (χ0v) is 13.7. The molecular formula is C15H14IN3O3. The average molecular weight is 411 g/mol. The molecule has 1 aromatic carbocycles. The van der Waals surface area contributed by atoms with E-state index in [4.69, 9.17) is 4.42 Å². The Balaban J connectivity index is 1.69. The summed E-state index contributed by atoms with van der Waals surface area (Å²) in [6.07, 6.45) is 3.06. The quantitative estimate of drug-likeness (QED) is 0.436. The van der Waals surface area contributed by atoms with E-state index in [0.717, 1.165) is 3.57 Å². The highest BCUT2D eigenvalue weighted by Crippen LogP contribution is 2.11. The lowest BCUT2D eigenvalue weighted by molar-refractivity contribution is -0.124. The molecule has 2 amide bonds. The highest BCUT2D eigenvalue weighted by molar-refractivity contribution is 14.1. The van der Waals surface area contributed by atoms with Crippen molar-refractivity contribution < 1.29 is 14.0 Å². The van der Waals surface area contributed by atoms with E-state index >= 15 is 0 Å². The SMILES string of the molecule is O=C(CCC(=O)Nc1ccc(I)cc1)N/N=C/c1ccco1. The van der Waals surface area contributed by atoms with E-state index in [1.807, 2.05) is 24.3 Å². The van der Waals surface area contributed by atoms with E-state index in [1.54, 1.807) is 12.1 Å². The lowest BCUT2D eigenvalue weighted by Gasteiger charge is -2.04. The molecule has 0 saturated carbocycles. The Morgan fingerprint density at radius 1 is 1.14 bits per heavy atom. The van der Waals surface area contributed by atoms with E-state index < -0.39 is 0 Å². The van der Waals surface area contributed by atoms with Gasteiger partial charge in [-0.2, -0.15) is 5.10 Å². The van der Waals surface area contributed by atoms with Crippen LogP contribution in [0.1, 0.15) is 18.6 Å². The number of hydrazone groups is 1. The molecule has 0 spiro atoms. The average Bonchev–Trinajstić information content (AvgIpc) is 3.01. The lowest BCUT2D eigenvalue weighted by Crippen LogP contribution is -2.20. The Hall–Kier alpha value is -2.16. The number of anilines is 1. The van der Waals surface area contributed by atoms with Gasteiger partial charge in [-0.25, -0.2) is 5.43 Å². The molecule has 0 aliphatic heterocycles. The van der Waals surface area contributed by atoms with Crippen molar-refractivity contribution in [2.75, 3.05) is 5.32 Å². The van der Waals surface area contributed by atoms with Crippen LogP contribution in [0.25, 0.3) is 0 Å². The molecule has 0 radical (unpaired) electrons. The lowest BCUT2D eigenvalue weighted by atomic mass is 10.2. The van der Waals surface area contributed by atoms with Crippen molar-refractivity contribution in [2.45, 2.75) is 12.8 Å². The summed E-state index contributed by atoms with van der Waals surface area (Å²) < 4.78 is 6.11. The van der Waals surface area contributed by atoms with Crippen LogP contribution >= 0.6 is 22.6 Å². The molecule has 0 bridgehead atoms. The first-order valence-electron chi connectivity index (χ1n) is 6.54. The van der Waals surface area contributed by atoms with Crippen molar-refractivity contribution in [2.24, 2.45) is 5.10 Å². The number of benzene rings is 1. The molecule has 2 N–H and O–H groups in total. The van der Waals surface area contributed by atoms with Gasteiger partial charge in [0.2, 0.25) is 11.8 Å². The number of furan rings is 1. The van der Waals surface area contributed by atoms with Gasteiger partial charge in [0.15, 0.2) is 0 Å². The van der Waals surface area contributed by atoms with Crippen LogP contribution in [0.15, 0.2) is 52.2 Å². The van der Waals surface area contributed by atoms with E-state index in [1.165, 1.54) is 12.5 Å². The number of hydrogen-bond acceptors (Lipinski definition) is 4. The minimum absolute atomic E-state index is 0.0612. The summed E-state index contributed by atoms with van der Waals surface area (Å²) in [5, 5.41) is 6.46. The van der Waals surface area contributed by atoms with Gasteiger partial charge in [0, 0.05) is 22.1 Å². The first kappa shape index (κ1) is 16.2. The van der Waals surface area contributed by atoms with Crippen molar-refractivity contribution in [1.82, 2.24) is 5.43 Å². The number of hydrogen-bond donors (Lipinski definition) is 2. The van der Waals surface area contributed by atoms with Gasteiger partial charge in [-0.15, -0.1) is 0 Å². The van der Waals surface area contributed by atoms with Crippen molar-refractivity contribution in [1.29, 1.82) is 0 Å². The van der Waals surface area contributed by atoms with E-state index in [-0.39, 0.29) is 24.7 Å². The Morgan fingerprint density at radius 3 is 2.55 bits per heavy atom. The third-order valence-electron chi connectivity index (χ3n) is 2.63. The van der Waals surface area contributed by atoms with E-state index in [9.17, 15) is 9.59 Å². The highest BCUT2D eigenvalue weighted by atomic mass is 127. The predicted octanol–water partition coefficient (Wildman–Crippen LogP) is 2.75. The van der Waals surface area contributed by atoms with Gasteiger partial charge >= 0.3 is 0 Å². The van der Waals surface area contributed by atoms with Gasteiger partial charge < -0.3 is 9.73 Å². The number of rotatable bonds is 6.